The molecule has 0 aromatic heterocycles. The second kappa shape index (κ2) is 6.43. The van der Waals surface area contributed by atoms with E-state index in [0.717, 1.165) is 0 Å². The van der Waals surface area contributed by atoms with E-state index in [1.54, 1.807) is 6.07 Å². The zero-order valence-electron chi connectivity index (χ0n) is 11.7. The summed E-state index contributed by atoms with van der Waals surface area (Å²) in [5, 5.41) is 2.63. The fraction of sp³-hybridized carbons (Fsp3) is 0.462. The van der Waals surface area contributed by atoms with E-state index in [9.17, 15) is 13.2 Å². The van der Waals surface area contributed by atoms with Crippen LogP contribution < -0.4 is 11.1 Å². The third kappa shape index (κ3) is 3.82. The van der Waals surface area contributed by atoms with Gasteiger partial charge in [-0.05, 0) is 47.0 Å². The Hall–Kier alpha value is -0.960. The quantitative estimate of drug-likeness (QED) is 0.837. The van der Waals surface area contributed by atoms with Gasteiger partial charge in [-0.1, -0.05) is 0 Å². The normalized spacial score (nSPS) is 17.7. The number of amides is 1. The number of rotatable bonds is 3. The van der Waals surface area contributed by atoms with Gasteiger partial charge in [0.2, 0.25) is 15.9 Å². The highest BCUT2D eigenvalue weighted by molar-refractivity contribution is 9.10. The highest BCUT2D eigenvalue weighted by Gasteiger charge is 2.28. The average molecular weight is 376 g/mol. The zero-order chi connectivity index (χ0) is 15.6. The Morgan fingerprint density at radius 3 is 2.52 bits per heavy atom. The van der Waals surface area contributed by atoms with Crippen molar-refractivity contribution in [3.63, 3.8) is 0 Å². The molecule has 1 aromatic carbocycles. The summed E-state index contributed by atoms with van der Waals surface area (Å²) in [5.41, 5.74) is 6.34. The minimum Gasteiger partial charge on any atom is -0.328 e. The molecule has 3 N–H and O–H groups in total. The van der Waals surface area contributed by atoms with E-state index < -0.39 is 10.0 Å². The third-order valence-electron chi connectivity index (χ3n) is 3.39. The number of nitrogens with two attached hydrogens (primary N) is 1. The summed E-state index contributed by atoms with van der Waals surface area (Å²) in [6, 6.07) is 4.66. The lowest BCUT2D eigenvalue weighted by Gasteiger charge is -2.29. The van der Waals surface area contributed by atoms with Gasteiger partial charge in [0.1, 0.15) is 0 Å². The first kappa shape index (κ1) is 16.4. The van der Waals surface area contributed by atoms with E-state index in [2.05, 4.69) is 21.2 Å². The predicted octanol–water partition coefficient (Wildman–Crippen LogP) is 1.52. The minimum atomic E-state index is -3.52. The number of benzene rings is 1. The van der Waals surface area contributed by atoms with Crippen molar-refractivity contribution in [2.75, 3.05) is 18.4 Å². The Balaban J connectivity index is 2.24. The number of carbonyl (C=O) groups excluding carboxylic acids is 1. The number of piperidine rings is 1. The topological polar surface area (TPSA) is 92.5 Å². The summed E-state index contributed by atoms with van der Waals surface area (Å²) < 4.78 is 27.1. The summed E-state index contributed by atoms with van der Waals surface area (Å²) in [7, 11) is -3.52. The van der Waals surface area contributed by atoms with Crippen molar-refractivity contribution >= 4 is 37.5 Å². The highest BCUT2D eigenvalue weighted by Crippen LogP contribution is 2.28. The van der Waals surface area contributed by atoms with Gasteiger partial charge in [-0.3, -0.25) is 4.79 Å². The van der Waals surface area contributed by atoms with Gasteiger partial charge in [0.05, 0.1) is 10.6 Å². The van der Waals surface area contributed by atoms with Crippen LogP contribution in [0.25, 0.3) is 0 Å². The maximum absolute atomic E-state index is 12.6. The second-order valence-electron chi connectivity index (χ2n) is 5.06. The minimum absolute atomic E-state index is 0.0744. The van der Waals surface area contributed by atoms with Gasteiger partial charge in [0, 0.05) is 30.5 Å². The lowest BCUT2D eigenvalue weighted by molar-refractivity contribution is -0.114. The number of hydrogen-bond acceptors (Lipinski definition) is 4. The van der Waals surface area contributed by atoms with E-state index in [-0.39, 0.29) is 16.8 Å². The molecule has 8 heteroatoms. The van der Waals surface area contributed by atoms with Crippen molar-refractivity contribution in [3.05, 3.63) is 22.7 Å². The van der Waals surface area contributed by atoms with Gasteiger partial charge < -0.3 is 11.1 Å². The van der Waals surface area contributed by atoms with Crippen molar-refractivity contribution in [2.24, 2.45) is 5.73 Å². The molecule has 0 spiro atoms. The molecule has 0 aliphatic carbocycles. The Kier molecular flexibility index (Phi) is 5.03. The lowest BCUT2D eigenvalue weighted by Crippen LogP contribution is -2.42. The molecule has 0 atom stereocenters. The SMILES string of the molecule is CC(=O)Nc1ccc(S(=O)(=O)N2CCC(N)CC2)cc1Br. The molecule has 1 amide bonds. The first-order valence-corrected chi connectivity index (χ1v) is 8.87. The van der Waals surface area contributed by atoms with Crippen molar-refractivity contribution in [1.82, 2.24) is 4.31 Å². The number of carbonyl (C=O) groups is 1. The molecule has 0 unspecified atom stereocenters. The maximum Gasteiger partial charge on any atom is 0.243 e. The third-order valence-corrected chi connectivity index (χ3v) is 5.94. The van der Waals surface area contributed by atoms with Gasteiger partial charge in [-0.15, -0.1) is 0 Å². The standard InChI is InChI=1S/C13H18BrN3O3S/c1-9(18)16-13-3-2-11(8-12(13)14)21(19,20)17-6-4-10(15)5-7-17/h2-3,8,10H,4-7,15H2,1H3,(H,16,18). The molecule has 6 nitrogen and oxygen atoms in total. The van der Waals surface area contributed by atoms with Gasteiger partial charge in [-0.2, -0.15) is 4.31 Å². The van der Waals surface area contributed by atoms with E-state index in [1.165, 1.54) is 23.4 Å². The largest absolute Gasteiger partial charge is 0.328 e. The summed E-state index contributed by atoms with van der Waals surface area (Å²) in [6.45, 7) is 2.27. The monoisotopic (exact) mass is 375 g/mol. The molecule has 1 saturated heterocycles. The molecule has 0 bridgehead atoms. The van der Waals surface area contributed by atoms with Crippen LogP contribution in [-0.4, -0.2) is 37.8 Å². The van der Waals surface area contributed by atoms with E-state index in [0.29, 0.717) is 36.1 Å². The van der Waals surface area contributed by atoms with Crippen LogP contribution in [0, 0.1) is 0 Å². The highest BCUT2D eigenvalue weighted by atomic mass is 79.9. The molecule has 21 heavy (non-hydrogen) atoms. The molecule has 0 radical (unpaired) electrons. The molecular formula is C13H18BrN3O3S. The van der Waals surface area contributed by atoms with E-state index in [1.807, 2.05) is 0 Å². The van der Waals surface area contributed by atoms with Gasteiger partial charge in [-0.25, -0.2) is 8.42 Å². The molecule has 1 fully saturated rings. The van der Waals surface area contributed by atoms with Gasteiger partial charge in [0.25, 0.3) is 0 Å². The first-order valence-electron chi connectivity index (χ1n) is 6.63. The summed E-state index contributed by atoms with van der Waals surface area (Å²) in [5.74, 6) is -0.212. The van der Waals surface area contributed by atoms with Crippen LogP contribution in [0.4, 0.5) is 5.69 Å². The molecule has 1 aromatic rings. The number of halogens is 1. The molecule has 0 saturated carbocycles. The second-order valence-corrected chi connectivity index (χ2v) is 7.86. The lowest BCUT2D eigenvalue weighted by atomic mass is 10.1. The molecule has 2 rings (SSSR count). The number of anilines is 1. The van der Waals surface area contributed by atoms with Gasteiger partial charge >= 0.3 is 0 Å². The van der Waals surface area contributed by atoms with Crippen molar-refractivity contribution in [2.45, 2.75) is 30.7 Å². The number of sulfonamides is 1. The number of hydrogen-bond donors (Lipinski definition) is 2. The molecule has 1 aliphatic rings. The van der Waals surface area contributed by atoms with Crippen LogP contribution in [0.5, 0.6) is 0 Å². The predicted molar refractivity (Wildman–Crippen MR) is 84.4 cm³/mol. The van der Waals surface area contributed by atoms with Crippen molar-refractivity contribution in [1.29, 1.82) is 0 Å². The summed E-state index contributed by atoms with van der Waals surface area (Å²) in [6.07, 6.45) is 1.34. The van der Waals surface area contributed by atoms with Crippen LogP contribution in [0.3, 0.4) is 0 Å². The van der Waals surface area contributed by atoms with Crippen molar-refractivity contribution in [3.8, 4) is 0 Å². The van der Waals surface area contributed by atoms with Crippen LogP contribution >= 0.6 is 15.9 Å². The van der Waals surface area contributed by atoms with Crippen molar-refractivity contribution < 1.29 is 13.2 Å². The van der Waals surface area contributed by atoms with E-state index >= 15 is 0 Å². The Morgan fingerprint density at radius 2 is 2.00 bits per heavy atom. The fourth-order valence-corrected chi connectivity index (χ4v) is 4.34. The smallest absolute Gasteiger partial charge is 0.243 e. The van der Waals surface area contributed by atoms with Crippen LogP contribution in [0.2, 0.25) is 0 Å². The van der Waals surface area contributed by atoms with Crippen LogP contribution in [0.15, 0.2) is 27.6 Å². The van der Waals surface area contributed by atoms with E-state index in [4.69, 9.17) is 5.73 Å². The molecule has 1 heterocycles. The summed E-state index contributed by atoms with van der Waals surface area (Å²) >= 11 is 3.28. The Bertz CT molecular complexity index is 640. The van der Waals surface area contributed by atoms with Crippen LogP contribution in [-0.2, 0) is 14.8 Å². The first-order chi connectivity index (χ1) is 9.80. The maximum atomic E-state index is 12.6. The fourth-order valence-electron chi connectivity index (χ4n) is 2.21. The Labute approximate surface area is 132 Å². The average Bonchev–Trinajstić information content (AvgIpc) is 2.41. The molecular weight excluding hydrogens is 358 g/mol. The van der Waals surface area contributed by atoms with Crippen LogP contribution in [0.1, 0.15) is 19.8 Å². The summed E-state index contributed by atoms with van der Waals surface area (Å²) in [4.78, 5) is 11.3. The van der Waals surface area contributed by atoms with Gasteiger partial charge in [0.15, 0.2) is 0 Å². The zero-order valence-corrected chi connectivity index (χ0v) is 14.1. The molecule has 1 aliphatic heterocycles. The number of nitrogens with zero attached hydrogens (tertiary/aromatic N) is 1. The molecule has 116 valence electrons. The number of nitrogens with one attached hydrogen (secondary N) is 1. The Morgan fingerprint density at radius 1 is 1.38 bits per heavy atom.